The van der Waals surface area contributed by atoms with E-state index < -0.39 is 12.0 Å². The van der Waals surface area contributed by atoms with Crippen LogP contribution in [0.5, 0.6) is 0 Å². The summed E-state index contributed by atoms with van der Waals surface area (Å²) < 4.78 is 0. The van der Waals surface area contributed by atoms with E-state index in [0.29, 0.717) is 16.4 Å². The molecule has 1 aromatic carbocycles. The highest BCUT2D eigenvalue weighted by atomic mass is 32.1. The molecule has 0 aliphatic carbocycles. The summed E-state index contributed by atoms with van der Waals surface area (Å²) in [7, 11) is 0. The molecule has 3 N–H and O–H groups in total. The van der Waals surface area contributed by atoms with Crippen molar-refractivity contribution in [2.24, 2.45) is 0 Å². The topological polar surface area (TPSA) is 91.3 Å². The maximum absolute atomic E-state index is 11.9. The number of rotatable bonds is 3. The predicted octanol–water partition coefficient (Wildman–Crippen LogP) is 3.41. The third-order valence-corrected chi connectivity index (χ3v) is 3.95. The number of aryl methyl sites for hydroxylation is 3. The number of carboxylic acid groups (broad SMARTS) is 1. The third kappa shape index (κ3) is 3.57. The Balaban J connectivity index is 2.06. The zero-order chi connectivity index (χ0) is 15.6. The number of carbonyl (C=O) groups is 2. The maximum Gasteiger partial charge on any atom is 0.335 e. The van der Waals surface area contributed by atoms with E-state index in [1.165, 1.54) is 17.4 Å². The molecule has 0 aliphatic heterocycles. The largest absolute Gasteiger partial charge is 0.478 e. The molecular formula is C14H15N3O3S. The third-order valence-electron chi connectivity index (χ3n) is 2.96. The van der Waals surface area contributed by atoms with Crippen LogP contribution in [0.4, 0.5) is 15.6 Å². The van der Waals surface area contributed by atoms with Crippen molar-refractivity contribution in [3.05, 3.63) is 39.9 Å². The van der Waals surface area contributed by atoms with E-state index >= 15 is 0 Å². The van der Waals surface area contributed by atoms with Crippen molar-refractivity contribution in [2.75, 3.05) is 10.6 Å². The SMILES string of the molecule is Cc1cc(NC(=O)Nc2nc(C)c(C)s2)ccc1C(=O)O. The molecule has 0 bridgehead atoms. The van der Waals surface area contributed by atoms with Gasteiger partial charge in [-0.15, -0.1) is 11.3 Å². The number of benzene rings is 1. The van der Waals surface area contributed by atoms with Gasteiger partial charge in [0.1, 0.15) is 0 Å². The van der Waals surface area contributed by atoms with Crippen LogP contribution in [0.15, 0.2) is 18.2 Å². The van der Waals surface area contributed by atoms with Gasteiger partial charge < -0.3 is 10.4 Å². The van der Waals surface area contributed by atoms with E-state index in [1.54, 1.807) is 19.1 Å². The number of hydrogen-bond donors (Lipinski definition) is 3. The van der Waals surface area contributed by atoms with Gasteiger partial charge in [-0.3, -0.25) is 5.32 Å². The van der Waals surface area contributed by atoms with Crippen molar-refractivity contribution >= 4 is 34.2 Å². The highest BCUT2D eigenvalue weighted by Crippen LogP contribution is 2.21. The van der Waals surface area contributed by atoms with Crippen molar-refractivity contribution in [3.63, 3.8) is 0 Å². The van der Waals surface area contributed by atoms with Gasteiger partial charge in [0.25, 0.3) is 0 Å². The molecule has 0 aliphatic rings. The number of nitrogens with zero attached hydrogens (tertiary/aromatic N) is 1. The summed E-state index contributed by atoms with van der Waals surface area (Å²) in [5.41, 5.74) is 2.21. The van der Waals surface area contributed by atoms with Gasteiger partial charge >= 0.3 is 12.0 Å². The average Bonchev–Trinajstić information content (AvgIpc) is 2.67. The first-order valence-corrected chi connectivity index (χ1v) is 7.04. The summed E-state index contributed by atoms with van der Waals surface area (Å²) in [6, 6.07) is 4.21. The lowest BCUT2D eigenvalue weighted by atomic mass is 10.1. The minimum Gasteiger partial charge on any atom is -0.478 e. The van der Waals surface area contributed by atoms with Gasteiger partial charge in [0.15, 0.2) is 5.13 Å². The zero-order valence-corrected chi connectivity index (χ0v) is 12.7. The molecule has 2 aromatic rings. The predicted molar refractivity (Wildman–Crippen MR) is 82.4 cm³/mol. The molecule has 110 valence electrons. The van der Waals surface area contributed by atoms with Crippen LogP contribution in [-0.4, -0.2) is 22.1 Å². The number of thiazole rings is 1. The molecule has 0 atom stereocenters. The molecule has 0 spiro atoms. The second-order valence-electron chi connectivity index (χ2n) is 4.57. The number of aromatic nitrogens is 1. The number of hydrogen-bond acceptors (Lipinski definition) is 4. The van der Waals surface area contributed by atoms with E-state index in [0.717, 1.165) is 10.6 Å². The highest BCUT2D eigenvalue weighted by Gasteiger charge is 2.10. The first kappa shape index (κ1) is 15.0. The number of carboxylic acids is 1. The molecule has 0 saturated carbocycles. The zero-order valence-electron chi connectivity index (χ0n) is 11.9. The van der Waals surface area contributed by atoms with Gasteiger partial charge in [-0.05, 0) is 44.5 Å². The molecule has 1 aromatic heterocycles. The quantitative estimate of drug-likeness (QED) is 0.810. The normalized spacial score (nSPS) is 10.2. The van der Waals surface area contributed by atoms with Crippen LogP contribution in [0.25, 0.3) is 0 Å². The van der Waals surface area contributed by atoms with Crippen LogP contribution in [0.2, 0.25) is 0 Å². The molecule has 0 saturated heterocycles. The Morgan fingerprint density at radius 1 is 1.19 bits per heavy atom. The van der Waals surface area contributed by atoms with Crippen LogP contribution in [0.1, 0.15) is 26.5 Å². The molecule has 0 unspecified atom stereocenters. The molecule has 6 nitrogen and oxygen atoms in total. The minimum absolute atomic E-state index is 0.215. The first-order chi connectivity index (χ1) is 9.86. The molecule has 2 rings (SSSR count). The number of nitrogens with one attached hydrogen (secondary N) is 2. The summed E-state index contributed by atoms with van der Waals surface area (Å²) in [5, 5.41) is 14.8. The average molecular weight is 305 g/mol. The Hall–Kier alpha value is -2.41. The fourth-order valence-electron chi connectivity index (χ4n) is 1.77. The molecular weight excluding hydrogens is 290 g/mol. The Bertz CT molecular complexity index is 690. The maximum atomic E-state index is 11.9. The second kappa shape index (κ2) is 5.92. The fourth-order valence-corrected chi connectivity index (χ4v) is 2.58. The molecule has 0 radical (unpaired) electrons. The summed E-state index contributed by atoms with van der Waals surface area (Å²) in [4.78, 5) is 28.0. The van der Waals surface area contributed by atoms with Crippen molar-refractivity contribution in [2.45, 2.75) is 20.8 Å². The minimum atomic E-state index is -0.989. The molecule has 0 fully saturated rings. The molecule has 1 heterocycles. The lowest BCUT2D eigenvalue weighted by Crippen LogP contribution is -2.19. The smallest absolute Gasteiger partial charge is 0.335 e. The van der Waals surface area contributed by atoms with Crippen molar-refractivity contribution < 1.29 is 14.7 Å². The Kier molecular flexibility index (Phi) is 4.23. The Morgan fingerprint density at radius 2 is 1.90 bits per heavy atom. The van der Waals surface area contributed by atoms with Crippen molar-refractivity contribution in [3.8, 4) is 0 Å². The molecule has 2 amide bonds. The summed E-state index contributed by atoms with van der Waals surface area (Å²) in [6.45, 7) is 5.49. The van der Waals surface area contributed by atoms with Gasteiger partial charge in [-0.2, -0.15) is 0 Å². The highest BCUT2D eigenvalue weighted by molar-refractivity contribution is 7.15. The Morgan fingerprint density at radius 3 is 2.43 bits per heavy atom. The Labute approximate surface area is 125 Å². The van der Waals surface area contributed by atoms with E-state index in [-0.39, 0.29) is 5.56 Å². The fraction of sp³-hybridized carbons (Fsp3) is 0.214. The van der Waals surface area contributed by atoms with Crippen LogP contribution < -0.4 is 10.6 Å². The number of anilines is 2. The van der Waals surface area contributed by atoms with Gasteiger partial charge in [0, 0.05) is 10.6 Å². The van der Waals surface area contributed by atoms with Crippen LogP contribution in [0, 0.1) is 20.8 Å². The van der Waals surface area contributed by atoms with Crippen LogP contribution in [-0.2, 0) is 0 Å². The standard InChI is InChI=1S/C14H15N3O3S/c1-7-6-10(4-5-11(7)12(18)19)16-13(20)17-14-15-8(2)9(3)21-14/h4-6H,1-3H3,(H,18,19)(H2,15,16,17,20). The summed E-state index contributed by atoms with van der Waals surface area (Å²) >= 11 is 1.40. The van der Waals surface area contributed by atoms with E-state index in [9.17, 15) is 9.59 Å². The number of amides is 2. The number of urea groups is 1. The van der Waals surface area contributed by atoms with Gasteiger partial charge in [-0.25, -0.2) is 14.6 Å². The van der Waals surface area contributed by atoms with Gasteiger partial charge in [0.2, 0.25) is 0 Å². The van der Waals surface area contributed by atoms with E-state index in [1.807, 2.05) is 13.8 Å². The number of aromatic carboxylic acids is 1. The second-order valence-corrected chi connectivity index (χ2v) is 5.78. The van der Waals surface area contributed by atoms with E-state index in [2.05, 4.69) is 15.6 Å². The molecule has 7 heteroatoms. The van der Waals surface area contributed by atoms with Gasteiger partial charge in [-0.1, -0.05) is 0 Å². The van der Waals surface area contributed by atoms with E-state index in [4.69, 9.17) is 5.11 Å². The van der Waals surface area contributed by atoms with Crippen LogP contribution >= 0.6 is 11.3 Å². The van der Waals surface area contributed by atoms with Crippen LogP contribution in [0.3, 0.4) is 0 Å². The lowest BCUT2D eigenvalue weighted by Gasteiger charge is -2.07. The van der Waals surface area contributed by atoms with Crippen molar-refractivity contribution in [1.29, 1.82) is 0 Å². The van der Waals surface area contributed by atoms with Gasteiger partial charge in [0.05, 0.1) is 11.3 Å². The monoisotopic (exact) mass is 305 g/mol. The lowest BCUT2D eigenvalue weighted by molar-refractivity contribution is 0.0696. The number of carbonyl (C=O) groups excluding carboxylic acids is 1. The first-order valence-electron chi connectivity index (χ1n) is 6.23. The van der Waals surface area contributed by atoms with Crippen molar-refractivity contribution in [1.82, 2.24) is 4.98 Å². The molecule has 21 heavy (non-hydrogen) atoms. The summed E-state index contributed by atoms with van der Waals surface area (Å²) in [6.07, 6.45) is 0. The summed E-state index contributed by atoms with van der Waals surface area (Å²) in [5.74, 6) is -0.989.